The van der Waals surface area contributed by atoms with Crippen molar-refractivity contribution in [2.24, 2.45) is 23.7 Å². The second-order valence-corrected chi connectivity index (χ2v) is 5.04. The molecule has 2 unspecified atom stereocenters. The van der Waals surface area contributed by atoms with Crippen molar-refractivity contribution in [3.8, 4) is 0 Å². The molecule has 0 nitrogen and oxygen atoms in total. The second kappa shape index (κ2) is 4.30. The number of hydrogen-bond donors (Lipinski definition) is 0. The molecule has 0 aromatic carbocycles. The second-order valence-electron chi connectivity index (χ2n) is 5.04. The van der Waals surface area contributed by atoms with Crippen LogP contribution >= 0.6 is 0 Å². The molecular formula is C12H24. The fourth-order valence-electron chi connectivity index (χ4n) is 2.42. The van der Waals surface area contributed by atoms with Gasteiger partial charge in [-0.05, 0) is 42.9 Å². The Kier molecular flexibility index (Phi) is 3.61. The maximum absolute atomic E-state index is 2.43. The van der Waals surface area contributed by atoms with Gasteiger partial charge in [-0.2, -0.15) is 0 Å². The lowest BCUT2D eigenvalue weighted by atomic mass is 9.70. The van der Waals surface area contributed by atoms with Gasteiger partial charge in [0.2, 0.25) is 0 Å². The smallest absolute Gasteiger partial charge is 0.0407 e. The molecule has 1 rings (SSSR count). The van der Waals surface area contributed by atoms with Gasteiger partial charge in [0.25, 0.3) is 0 Å². The van der Waals surface area contributed by atoms with Gasteiger partial charge in [-0.15, -0.1) is 0 Å². The molecule has 1 fully saturated rings. The molecule has 0 spiro atoms. The minimum atomic E-state index is 0.931. The van der Waals surface area contributed by atoms with Crippen LogP contribution in [0.1, 0.15) is 53.4 Å². The summed E-state index contributed by atoms with van der Waals surface area (Å²) in [5.74, 6) is 3.98. The molecule has 0 heterocycles. The predicted octanol–water partition coefficient (Wildman–Crippen LogP) is 4.10. The van der Waals surface area contributed by atoms with Crippen LogP contribution in [0.15, 0.2) is 0 Å². The summed E-state index contributed by atoms with van der Waals surface area (Å²) in [6.45, 7) is 9.51. The summed E-state index contributed by atoms with van der Waals surface area (Å²) < 4.78 is 0. The molecule has 2 atom stereocenters. The van der Waals surface area contributed by atoms with E-state index >= 15 is 0 Å². The molecule has 0 heteroatoms. The zero-order valence-electron chi connectivity index (χ0n) is 9.14. The Labute approximate surface area is 77.7 Å². The highest BCUT2D eigenvalue weighted by Crippen LogP contribution is 2.39. The molecular weight excluding hydrogens is 144 g/mol. The molecule has 1 aliphatic carbocycles. The van der Waals surface area contributed by atoms with Gasteiger partial charge < -0.3 is 0 Å². The van der Waals surface area contributed by atoms with Crippen molar-refractivity contribution in [2.45, 2.75) is 53.4 Å². The van der Waals surface area contributed by atoms with Gasteiger partial charge in [0.05, 0.1) is 0 Å². The van der Waals surface area contributed by atoms with Crippen molar-refractivity contribution in [1.82, 2.24) is 0 Å². The van der Waals surface area contributed by atoms with E-state index in [4.69, 9.17) is 0 Å². The van der Waals surface area contributed by atoms with Crippen LogP contribution < -0.4 is 0 Å². The van der Waals surface area contributed by atoms with Crippen LogP contribution in [0.3, 0.4) is 0 Å². The molecule has 0 aliphatic heterocycles. The maximum atomic E-state index is 2.43. The minimum Gasteiger partial charge on any atom is -0.0651 e. The van der Waals surface area contributed by atoms with Crippen LogP contribution in [0.5, 0.6) is 0 Å². The fourth-order valence-corrected chi connectivity index (χ4v) is 2.42. The van der Waals surface area contributed by atoms with Crippen LogP contribution in [-0.4, -0.2) is 0 Å². The van der Waals surface area contributed by atoms with Crippen LogP contribution in [0.2, 0.25) is 0 Å². The van der Waals surface area contributed by atoms with Crippen LogP contribution in [-0.2, 0) is 0 Å². The number of rotatable bonds is 4. The first-order valence-electron chi connectivity index (χ1n) is 5.63. The summed E-state index contributed by atoms with van der Waals surface area (Å²) in [6.07, 6.45) is 5.84. The molecule has 0 aromatic heterocycles. The normalized spacial score (nSPS) is 34.0. The van der Waals surface area contributed by atoms with Gasteiger partial charge >= 0.3 is 0 Å². The van der Waals surface area contributed by atoms with E-state index in [1.165, 1.54) is 25.7 Å². The summed E-state index contributed by atoms with van der Waals surface area (Å²) in [4.78, 5) is 0. The third kappa shape index (κ3) is 2.50. The summed E-state index contributed by atoms with van der Waals surface area (Å²) in [6, 6.07) is 0. The van der Waals surface area contributed by atoms with E-state index in [0.717, 1.165) is 23.7 Å². The Balaban J connectivity index is 2.14. The third-order valence-corrected chi connectivity index (χ3v) is 3.79. The first kappa shape index (κ1) is 10.1. The molecule has 1 aliphatic rings. The minimum absolute atomic E-state index is 0.931. The Bertz CT molecular complexity index is 122. The van der Waals surface area contributed by atoms with E-state index in [1.807, 2.05) is 0 Å². The van der Waals surface area contributed by atoms with E-state index in [-0.39, 0.29) is 0 Å². The summed E-state index contributed by atoms with van der Waals surface area (Å²) >= 11 is 0. The first-order valence-corrected chi connectivity index (χ1v) is 5.63. The SMILES string of the molecule is CCC(C)C(C)CC1CC(C)C1. The van der Waals surface area contributed by atoms with Gasteiger partial charge in [-0.25, -0.2) is 0 Å². The van der Waals surface area contributed by atoms with Crippen molar-refractivity contribution >= 4 is 0 Å². The highest BCUT2D eigenvalue weighted by Gasteiger charge is 2.27. The van der Waals surface area contributed by atoms with Gasteiger partial charge in [0.15, 0.2) is 0 Å². The van der Waals surface area contributed by atoms with E-state index in [1.54, 1.807) is 0 Å². The van der Waals surface area contributed by atoms with E-state index in [2.05, 4.69) is 27.7 Å². The van der Waals surface area contributed by atoms with Gasteiger partial charge in [0, 0.05) is 0 Å². The monoisotopic (exact) mass is 168 g/mol. The lowest BCUT2D eigenvalue weighted by molar-refractivity contribution is 0.158. The van der Waals surface area contributed by atoms with Crippen LogP contribution in [0, 0.1) is 23.7 Å². The molecule has 72 valence electrons. The van der Waals surface area contributed by atoms with E-state index in [9.17, 15) is 0 Å². The first-order chi connectivity index (χ1) is 5.63. The van der Waals surface area contributed by atoms with Crippen molar-refractivity contribution in [3.05, 3.63) is 0 Å². The van der Waals surface area contributed by atoms with Crippen LogP contribution in [0.4, 0.5) is 0 Å². The van der Waals surface area contributed by atoms with Crippen molar-refractivity contribution < 1.29 is 0 Å². The average Bonchev–Trinajstić information content (AvgIpc) is 2.00. The Hall–Kier alpha value is 0. The third-order valence-electron chi connectivity index (χ3n) is 3.79. The summed E-state index contributed by atoms with van der Waals surface area (Å²) in [5, 5.41) is 0. The zero-order valence-corrected chi connectivity index (χ0v) is 9.14. The largest absolute Gasteiger partial charge is 0.0651 e. The molecule has 0 amide bonds. The molecule has 0 bridgehead atoms. The lowest BCUT2D eigenvalue weighted by Crippen LogP contribution is -2.24. The lowest BCUT2D eigenvalue weighted by Gasteiger charge is -2.35. The molecule has 12 heavy (non-hydrogen) atoms. The summed E-state index contributed by atoms with van der Waals surface area (Å²) in [5.41, 5.74) is 0. The topological polar surface area (TPSA) is 0 Å². The van der Waals surface area contributed by atoms with Gasteiger partial charge in [-0.1, -0.05) is 34.1 Å². The summed E-state index contributed by atoms with van der Waals surface area (Å²) in [7, 11) is 0. The van der Waals surface area contributed by atoms with E-state index in [0.29, 0.717) is 0 Å². The van der Waals surface area contributed by atoms with Crippen molar-refractivity contribution in [1.29, 1.82) is 0 Å². The standard InChI is InChI=1S/C12H24/c1-5-10(3)11(4)8-12-6-9(2)7-12/h9-12H,5-8H2,1-4H3. The Morgan fingerprint density at radius 1 is 1.17 bits per heavy atom. The van der Waals surface area contributed by atoms with Gasteiger partial charge in [0.1, 0.15) is 0 Å². The average molecular weight is 168 g/mol. The predicted molar refractivity (Wildman–Crippen MR) is 55.1 cm³/mol. The van der Waals surface area contributed by atoms with Crippen LogP contribution in [0.25, 0.3) is 0 Å². The Morgan fingerprint density at radius 3 is 2.17 bits per heavy atom. The van der Waals surface area contributed by atoms with E-state index < -0.39 is 0 Å². The molecule has 1 saturated carbocycles. The molecule has 0 saturated heterocycles. The fraction of sp³-hybridized carbons (Fsp3) is 1.00. The van der Waals surface area contributed by atoms with Gasteiger partial charge in [-0.3, -0.25) is 0 Å². The maximum Gasteiger partial charge on any atom is -0.0407 e. The molecule has 0 N–H and O–H groups in total. The highest BCUT2D eigenvalue weighted by molar-refractivity contribution is 4.78. The molecule has 0 aromatic rings. The van der Waals surface area contributed by atoms with Crippen molar-refractivity contribution in [2.75, 3.05) is 0 Å². The Morgan fingerprint density at radius 2 is 1.75 bits per heavy atom. The molecule has 0 radical (unpaired) electrons. The van der Waals surface area contributed by atoms with Crippen molar-refractivity contribution in [3.63, 3.8) is 0 Å². The zero-order chi connectivity index (χ0) is 9.14. The number of hydrogen-bond acceptors (Lipinski definition) is 0. The highest BCUT2D eigenvalue weighted by atomic mass is 14.3. The quantitative estimate of drug-likeness (QED) is 0.592.